The van der Waals surface area contributed by atoms with E-state index in [-0.39, 0.29) is 0 Å². The lowest BCUT2D eigenvalue weighted by Crippen LogP contribution is -2.37. The predicted octanol–water partition coefficient (Wildman–Crippen LogP) is 2.94. The Balaban J connectivity index is 1.42. The summed E-state index contributed by atoms with van der Waals surface area (Å²) in [6, 6.07) is 10.4. The van der Waals surface area contributed by atoms with Crippen molar-refractivity contribution in [2.24, 2.45) is 0 Å². The van der Waals surface area contributed by atoms with Gasteiger partial charge in [-0.15, -0.1) is 0 Å². The SMILES string of the molecule is c1ccc(-c2cnc(NCCCN3CCOCC3)s2)cc1. The minimum Gasteiger partial charge on any atom is -0.379 e. The van der Waals surface area contributed by atoms with E-state index in [1.54, 1.807) is 11.3 Å². The van der Waals surface area contributed by atoms with Gasteiger partial charge in [0.15, 0.2) is 5.13 Å². The summed E-state index contributed by atoms with van der Waals surface area (Å²) in [5.74, 6) is 0. The molecule has 4 nitrogen and oxygen atoms in total. The van der Waals surface area contributed by atoms with E-state index in [0.29, 0.717) is 0 Å². The van der Waals surface area contributed by atoms with E-state index in [1.165, 1.54) is 10.4 Å². The molecule has 1 aromatic carbocycles. The van der Waals surface area contributed by atoms with Crippen LogP contribution in [0.15, 0.2) is 36.5 Å². The monoisotopic (exact) mass is 303 g/mol. The standard InChI is InChI=1S/C16H21N3OS/c1-2-5-14(6-3-1)15-13-18-16(21-15)17-7-4-8-19-9-11-20-12-10-19/h1-3,5-6,13H,4,7-12H2,(H,17,18). The van der Waals surface area contributed by atoms with Gasteiger partial charge in [0.2, 0.25) is 0 Å². The third-order valence-corrected chi connectivity index (χ3v) is 4.60. The number of nitrogens with one attached hydrogen (secondary N) is 1. The average molecular weight is 303 g/mol. The van der Waals surface area contributed by atoms with Gasteiger partial charge in [-0.25, -0.2) is 4.98 Å². The average Bonchev–Trinajstić information content (AvgIpc) is 3.02. The molecule has 1 fully saturated rings. The van der Waals surface area contributed by atoms with Crippen LogP contribution in [-0.4, -0.2) is 49.3 Å². The van der Waals surface area contributed by atoms with Gasteiger partial charge in [0.25, 0.3) is 0 Å². The highest BCUT2D eigenvalue weighted by Crippen LogP contribution is 2.28. The van der Waals surface area contributed by atoms with Crippen molar-refractivity contribution >= 4 is 16.5 Å². The van der Waals surface area contributed by atoms with Gasteiger partial charge in [-0.2, -0.15) is 0 Å². The smallest absolute Gasteiger partial charge is 0.183 e. The summed E-state index contributed by atoms with van der Waals surface area (Å²) in [6.45, 7) is 5.98. The lowest BCUT2D eigenvalue weighted by atomic mass is 10.2. The van der Waals surface area contributed by atoms with Crippen LogP contribution in [0.4, 0.5) is 5.13 Å². The van der Waals surface area contributed by atoms with Crippen LogP contribution in [0.1, 0.15) is 6.42 Å². The number of thiazole rings is 1. The summed E-state index contributed by atoms with van der Waals surface area (Å²) in [4.78, 5) is 8.13. The fraction of sp³-hybridized carbons (Fsp3) is 0.438. The lowest BCUT2D eigenvalue weighted by molar-refractivity contribution is 0.0378. The molecule has 1 aromatic heterocycles. The lowest BCUT2D eigenvalue weighted by Gasteiger charge is -2.26. The Kier molecular flexibility index (Phi) is 5.21. The Morgan fingerprint density at radius 1 is 1.19 bits per heavy atom. The molecule has 1 aliphatic rings. The molecule has 0 radical (unpaired) electrons. The van der Waals surface area contributed by atoms with Crippen molar-refractivity contribution in [2.45, 2.75) is 6.42 Å². The second-order valence-electron chi connectivity index (χ2n) is 5.13. The Morgan fingerprint density at radius 3 is 2.81 bits per heavy atom. The number of hydrogen-bond acceptors (Lipinski definition) is 5. The Bertz CT molecular complexity index is 537. The molecule has 2 heterocycles. The van der Waals surface area contributed by atoms with Crippen molar-refractivity contribution in [3.05, 3.63) is 36.5 Å². The summed E-state index contributed by atoms with van der Waals surface area (Å²) in [7, 11) is 0. The minimum absolute atomic E-state index is 0.875. The highest BCUT2D eigenvalue weighted by Gasteiger charge is 2.09. The maximum absolute atomic E-state index is 5.35. The van der Waals surface area contributed by atoms with Crippen LogP contribution in [0.3, 0.4) is 0 Å². The first-order valence-corrected chi connectivity index (χ1v) is 8.29. The summed E-state index contributed by atoms with van der Waals surface area (Å²) in [6.07, 6.45) is 3.09. The summed E-state index contributed by atoms with van der Waals surface area (Å²) in [5, 5.41) is 4.43. The molecule has 112 valence electrons. The highest BCUT2D eigenvalue weighted by molar-refractivity contribution is 7.18. The summed E-state index contributed by atoms with van der Waals surface area (Å²) >= 11 is 1.72. The number of aromatic nitrogens is 1. The van der Waals surface area contributed by atoms with Gasteiger partial charge < -0.3 is 10.1 Å². The zero-order valence-electron chi connectivity index (χ0n) is 12.1. The topological polar surface area (TPSA) is 37.4 Å². The van der Waals surface area contributed by atoms with Gasteiger partial charge in [-0.1, -0.05) is 41.7 Å². The number of hydrogen-bond donors (Lipinski definition) is 1. The molecule has 21 heavy (non-hydrogen) atoms. The van der Waals surface area contributed by atoms with Gasteiger partial charge in [0.05, 0.1) is 18.1 Å². The van der Waals surface area contributed by atoms with Crippen molar-refractivity contribution in [3.63, 3.8) is 0 Å². The van der Waals surface area contributed by atoms with E-state index in [1.807, 2.05) is 12.3 Å². The molecule has 0 unspecified atom stereocenters. The Hall–Kier alpha value is -1.43. The van der Waals surface area contributed by atoms with E-state index in [0.717, 1.165) is 50.9 Å². The fourth-order valence-corrected chi connectivity index (χ4v) is 3.26. The molecule has 0 saturated carbocycles. The van der Waals surface area contributed by atoms with Gasteiger partial charge in [0.1, 0.15) is 0 Å². The van der Waals surface area contributed by atoms with E-state index in [4.69, 9.17) is 4.74 Å². The first-order chi connectivity index (χ1) is 10.4. The Morgan fingerprint density at radius 2 is 2.00 bits per heavy atom. The zero-order chi connectivity index (χ0) is 14.3. The van der Waals surface area contributed by atoms with Crippen LogP contribution in [0.5, 0.6) is 0 Å². The molecule has 5 heteroatoms. The van der Waals surface area contributed by atoms with Crippen molar-refractivity contribution in [2.75, 3.05) is 44.7 Å². The molecule has 0 atom stereocenters. The van der Waals surface area contributed by atoms with Crippen molar-refractivity contribution in [1.82, 2.24) is 9.88 Å². The first kappa shape index (κ1) is 14.5. The van der Waals surface area contributed by atoms with Gasteiger partial charge in [-0.3, -0.25) is 4.90 Å². The molecular weight excluding hydrogens is 282 g/mol. The van der Waals surface area contributed by atoms with Gasteiger partial charge in [-0.05, 0) is 18.5 Å². The zero-order valence-corrected chi connectivity index (χ0v) is 12.9. The number of nitrogens with zero attached hydrogens (tertiary/aromatic N) is 2. The van der Waals surface area contributed by atoms with Crippen LogP contribution >= 0.6 is 11.3 Å². The first-order valence-electron chi connectivity index (χ1n) is 7.47. The second kappa shape index (κ2) is 7.54. The third-order valence-electron chi connectivity index (χ3n) is 3.60. The van der Waals surface area contributed by atoms with Crippen molar-refractivity contribution in [1.29, 1.82) is 0 Å². The number of morpholine rings is 1. The number of rotatable bonds is 6. The maximum Gasteiger partial charge on any atom is 0.183 e. The molecule has 0 spiro atoms. The van der Waals surface area contributed by atoms with Crippen molar-refractivity contribution in [3.8, 4) is 10.4 Å². The molecule has 1 aliphatic heterocycles. The largest absolute Gasteiger partial charge is 0.379 e. The number of ether oxygens (including phenoxy) is 1. The van der Waals surface area contributed by atoms with Crippen LogP contribution in [-0.2, 0) is 4.74 Å². The minimum atomic E-state index is 0.875. The quantitative estimate of drug-likeness (QED) is 0.833. The van der Waals surface area contributed by atoms with Crippen LogP contribution < -0.4 is 5.32 Å². The van der Waals surface area contributed by atoms with Crippen LogP contribution in [0, 0.1) is 0 Å². The molecule has 3 rings (SSSR count). The number of benzene rings is 1. The van der Waals surface area contributed by atoms with E-state index >= 15 is 0 Å². The molecule has 1 N–H and O–H groups in total. The molecule has 0 bridgehead atoms. The second-order valence-corrected chi connectivity index (χ2v) is 6.16. The normalized spacial score (nSPS) is 16.0. The molecule has 0 amide bonds. The predicted molar refractivity (Wildman–Crippen MR) is 87.9 cm³/mol. The molecule has 2 aromatic rings. The molecule has 1 saturated heterocycles. The molecular formula is C16H21N3OS. The Labute approximate surface area is 129 Å². The van der Waals surface area contributed by atoms with Gasteiger partial charge in [0, 0.05) is 25.8 Å². The fourth-order valence-electron chi connectivity index (χ4n) is 2.41. The van der Waals surface area contributed by atoms with E-state index in [2.05, 4.69) is 39.5 Å². The highest BCUT2D eigenvalue weighted by atomic mass is 32.1. The molecule has 0 aliphatic carbocycles. The van der Waals surface area contributed by atoms with Crippen LogP contribution in [0.25, 0.3) is 10.4 Å². The van der Waals surface area contributed by atoms with E-state index < -0.39 is 0 Å². The van der Waals surface area contributed by atoms with Gasteiger partial charge >= 0.3 is 0 Å². The van der Waals surface area contributed by atoms with E-state index in [9.17, 15) is 0 Å². The number of anilines is 1. The maximum atomic E-state index is 5.35. The summed E-state index contributed by atoms with van der Waals surface area (Å²) < 4.78 is 5.35. The van der Waals surface area contributed by atoms with Crippen LogP contribution in [0.2, 0.25) is 0 Å². The third kappa shape index (κ3) is 4.27. The van der Waals surface area contributed by atoms with Crippen molar-refractivity contribution < 1.29 is 4.74 Å². The summed E-state index contributed by atoms with van der Waals surface area (Å²) in [5.41, 5.74) is 1.23.